The van der Waals surface area contributed by atoms with Crippen molar-refractivity contribution in [1.82, 2.24) is 4.90 Å². The smallest absolute Gasteiger partial charge is 0.0144 e. The fraction of sp³-hybridized carbons (Fsp3) is 1.00. The Balaban J connectivity index is 2.60. The summed E-state index contributed by atoms with van der Waals surface area (Å²) in [5.74, 6) is 1.67. The first kappa shape index (κ1) is 14.0. The lowest BCUT2D eigenvalue weighted by Crippen LogP contribution is -2.48. The maximum atomic E-state index is 5.83. The molecule has 0 aliphatic heterocycles. The van der Waals surface area contributed by atoms with Gasteiger partial charge in [0, 0.05) is 12.6 Å². The fourth-order valence-corrected chi connectivity index (χ4v) is 3.38. The van der Waals surface area contributed by atoms with E-state index in [0.717, 1.165) is 31.0 Å². The Kier molecular flexibility index (Phi) is 4.81. The van der Waals surface area contributed by atoms with Gasteiger partial charge in [-0.1, -0.05) is 34.1 Å². The zero-order chi connectivity index (χ0) is 12.3. The number of nitrogens with two attached hydrogens (primary N) is 1. The Morgan fingerprint density at radius 1 is 1.19 bits per heavy atom. The lowest BCUT2D eigenvalue weighted by molar-refractivity contribution is 0.0632. The number of hydrogen-bond donors (Lipinski definition) is 1. The molecule has 2 nitrogen and oxygen atoms in total. The van der Waals surface area contributed by atoms with Crippen molar-refractivity contribution in [2.45, 2.75) is 53.0 Å². The fourth-order valence-electron chi connectivity index (χ4n) is 3.38. The van der Waals surface area contributed by atoms with Crippen molar-refractivity contribution in [2.75, 3.05) is 20.1 Å². The lowest BCUT2D eigenvalue weighted by atomic mass is 9.77. The average molecular weight is 226 g/mol. The van der Waals surface area contributed by atoms with Gasteiger partial charge in [0.05, 0.1) is 0 Å². The Hall–Kier alpha value is -0.0800. The van der Waals surface area contributed by atoms with Crippen molar-refractivity contribution < 1.29 is 0 Å². The van der Waals surface area contributed by atoms with Crippen LogP contribution in [0.3, 0.4) is 0 Å². The summed E-state index contributed by atoms with van der Waals surface area (Å²) in [7, 11) is 2.28. The molecule has 0 amide bonds. The second-order valence-corrected chi connectivity index (χ2v) is 6.66. The second-order valence-electron chi connectivity index (χ2n) is 6.66. The number of nitrogens with zero attached hydrogens (tertiary/aromatic N) is 1. The number of hydrogen-bond acceptors (Lipinski definition) is 2. The minimum Gasteiger partial charge on any atom is -0.330 e. The van der Waals surface area contributed by atoms with Crippen LogP contribution >= 0.6 is 0 Å². The molecule has 1 rings (SSSR count). The lowest BCUT2D eigenvalue weighted by Gasteiger charge is -2.43. The largest absolute Gasteiger partial charge is 0.330 e. The summed E-state index contributed by atoms with van der Waals surface area (Å²) in [5.41, 5.74) is 6.07. The normalized spacial score (nSPS) is 32.1. The van der Waals surface area contributed by atoms with E-state index >= 15 is 0 Å². The van der Waals surface area contributed by atoms with E-state index in [0.29, 0.717) is 0 Å². The Morgan fingerprint density at radius 3 is 2.12 bits per heavy atom. The number of rotatable bonds is 4. The predicted octanol–water partition coefficient (Wildman–Crippen LogP) is 2.73. The van der Waals surface area contributed by atoms with Crippen LogP contribution in [0.4, 0.5) is 0 Å². The third-order valence-electron chi connectivity index (χ3n) is 4.22. The summed E-state index contributed by atoms with van der Waals surface area (Å²) in [5, 5.41) is 0. The maximum Gasteiger partial charge on any atom is 0.0144 e. The summed E-state index contributed by atoms with van der Waals surface area (Å²) in [4.78, 5) is 2.56. The van der Waals surface area contributed by atoms with Crippen LogP contribution in [0.1, 0.15) is 47.0 Å². The molecule has 2 unspecified atom stereocenters. The molecule has 0 radical (unpaired) electrons. The van der Waals surface area contributed by atoms with E-state index in [1.165, 1.54) is 19.3 Å². The minimum atomic E-state index is 0.242. The van der Waals surface area contributed by atoms with Gasteiger partial charge in [-0.2, -0.15) is 0 Å². The van der Waals surface area contributed by atoms with Gasteiger partial charge in [0.15, 0.2) is 0 Å². The third kappa shape index (κ3) is 3.46. The molecule has 2 heteroatoms. The zero-order valence-corrected chi connectivity index (χ0v) is 11.8. The molecule has 2 atom stereocenters. The summed E-state index contributed by atoms with van der Waals surface area (Å²) in [6.45, 7) is 11.2. The first-order valence-corrected chi connectivity index (χ1v) is 6.77. The molecule has 1 aliphatic carbocycles. The summed E-state index contributed by atoms with van der Waals surface area (Å²) >= 11 is 0. The van der Waals surface area contributed by atoms with E-state index in [9.17, 15) is 0 Å². The van der Waals surface area contributed by atoms with Crippen LogP contribution in [0.25, 0.3) is 0 Å². The van der Waals surface area contributed by atoms with Gasteiger partial charge in [-0.15, -0.1) is 0 Å². The summed E-state index contributed by atoms with van der Waals surface area (Å²) in [6.07, 6.45) is 4.19. The highest BCUT2D eigenvalue weighted by molar-refractivity contribution is 4.86. The highest BCUT2D eigenvalue weighted by atomic mass is 15.1. The van der Waals surface area contributed by atoms with E-state index < -0.39 is 0 Å². The molecule has 0 heterocycles. The van der Waals surface area contributed by atoms with E-state index in [-0.39, 0.29) is 5.41 Å². The van der Waals surface area contributed by atoms with E-state index in [1.807, 2.05) is 0 Å². The SMILES string of the molecule is CC1CCCC(C)C1N(C)CC(C)(C)CN. The Labute approximate surface area is 102 Å². The molecule has 16 heavy (non-hydrogen) atoms. The van der Waals surface area contributed by atoms with Crippen molar-refractivity contribution in [2.24, 2.45) is 23.0 Å². The maximum absolute atomic E-state index is 5.83. The van der Waals surface area contributed by atoms with Crippen LogP contribution in [0.2, 0.25) is 0 Å². The van der Waals surface area contributed by atoms with Gasteiger partial charge in [0.1, 0.15) is 0 Å². The topological polar surface area (TPSA) is 29.3 Å². The van der Waals surface area contributed by atoms with Crippen molar-refractivity contribution in [1.29, 1.82) is 0 Å². The molecular weight excluding hydrogens is 196 g/mol. The second kappa shape index (κ2) is 5.50. The first-order chi connectivity index (χ1) is 7.37. The van der Waals surface area contributed by atoms with Crippen molar-refractivity contribution in [3.63, 3.8) is 0 Å². The third-order valence-corrected chi connectivity index (χ3v) is 4.22. The van der Waals surface area contributed by atoms with Gasteiger partial charge in [-0.3, -0.25) is 0 Å². The van der Waals surface area contributed by atoms with Gasteiger partial charge in [-0.05, 0) is 43.7 Å². The van der Waals surface area contributed by atoms with Gasteiger partial charge < -0.3 is 10.6 Å². The highest BCUT2D eigenvalue weighted by Crippen LogP contribution is 2.33. The molecule has 0 aromatic heterocycles. The van der Waals surface area contributed by atoms with Gasteiger partial charge in [-0.25, -0.2) is 0 Å². The monoisotopic (exact) mass is 226 g/mol. The highest BCUT2D eigenvalue weighted by Gasteiger charge is 2.32. The molecule has 2 N–H and O–H groups in total. The molecule has 1 fully saturated rings. The summed E-state index contributed by atoms with van der Waals surface area (Å²) < 4.78 is 0. The average Bonchev–Trinajstić information content (AvgIpc) is 2.16. The van der Waals surface area contributed by atoms with E-state index in [1.54, 1.807) is 0 Å². The van der Waals surface area contributed by atoms with Crippen LogP contribution in [-0.4, -0.2) is 31.1 Å². The van der Waals surface area contributed by atoms with Crippen LogP contribution in [-0.2, 0) is 0 Å². The zero-order valence-electron chi connectivity index (χ0n) is 11.8. The Bertz CT molecular complexity index is 203. The molecule has 1 saturated carbocycles. The van der Waals surface area contributed by atoms with Crippen LogP contribution in [0.15, 0.2) is 0 Å². The quantitative estimate of drug-likeness (QED) is 0.798. The predicted molar refractivity (Wildman–Crippen MR) is 71.4 cm³/mol. The van der Waals surface area contributed by atoms with E-state index in [4.69, 9.17) is 5.73 Å². The standard InChI is InChI=1S/C14H30N2/c1-11-7-6-8-12(2)13(11)16(5)10-14(3,4)9-15/h11-13H,6-10,15H2,1-5H3. The molecule has 1 aliphatic rings. The molecule has 0 spiro atoms. The molecular formula is C14H30N2. The first-order valence-electron chi connectivity index (χ1n) is 6.77. The Morgan fingerprint density at radius 2 is 1.69 bits per heavy atom. The van der Waals surface area contributed by atoms with Gasteiger partial charge in [0.2, 0.25) is 0 Å². The van der Waals surface area contributed by atoms with Crippen molar-refractivity contribution >= 4 is 0 Å². The van der Waals surface area contributed by atoms with Crippen LogP contribution in [0.5, 0.6) is 0 Å². The van der Waals surface area contributed by atoms with Crippen LogP contribution in [0, 0.1) is 17.3 Å². The minimum absolute atomic E-state index is 0.242. The summed E-state index contributed by atoms with van der Waals surface area (Å²) in [6, 6.07) is 0.750. The molecule has 0 aromatic carbocycles. The molecule has 96 valence electrons. The van der Waals surface area contributed by atoms with Crippen molar-refractivity contribution in [3.05, 3.63) is 0 Å². The molecule has 0 saturated heterocycles. The van der Waals surface area contributed by atoms with Crippen LogP contribution < -0.4 is 5.73 Å². The molecule has 0 aromatic rings. The van der Waals surface area contributed by atoms with Crippen molar-refractivity contribution in [3.8, 4) is 0 Å². The van der Waals surface area contributed by atoms with Gasteiger partial charge >= 0.3 is 0 Å². The molecule has 0 bridgehead atoms. The van der Waals surface area contributed by atoms with E-state index in [2.05, 4.69) is 39.6 Å². The van der Waals surface area contributed by atoms with Gasteiger partial charge in [0.25, 0.3) is 0 Å².